The van der Waals surface area contributed by atoms with Crippen LogP contribution in [0.3, 0.4) is 0 Å². The number of imidazole rings is 1. The molecular formula is C25H22ClF2N7. The number of nitrogens with zero attached hydrogens (tertiary/aromatic N) is 4. The van der Waals surface area contributed by atoms with Crippen molar-refractivity contribution in [2.24, 2.45) is 0 Å². The third kappa shape index (κ3) is 4.01. The van der Waals surface area contributed by atoms with Crippen LogP contribution in [0.25, 0.3) is 33.4 Å². The van der Waals surface area contributed by atoms with Gasteiger partial charge in [0.2, 0.25) is 0 Å². The molecule has 10 heteroatoms. The minimum Gasteiger partial charge on any atom is -0.362 e. The van der Waals surface area contributed by atoms with Crippen molar-refractivity contribution in [2.45, 2.75) is 33.7 Å². The Bertz CT molecular complexity index is 1530. The van der Waals surface area contributed by atoms with Gasteiger partial charge in [0, 0.05) is 22.3 Å². The monoisotopic (exact) mass is 493 g/mol. The third-order valence-corrected chi connectivity index (χ3v) is 6.51. The minimum absolute atomic E-state index is 0.365. The fourth-order valence-corrected chi connectivity index (χ4v) is 4.72. The maximum absolute atomic E-state index is 14.4. The van der Waals surface area contributed by atoms with Crippen LogP contribution in [-0.2, 0) is 0 Å². The highest BCUT2D eigenvalue weighted by molar-refractivity contribution is 6.32. The summed E-state index contributed by atoms with van der Waals surface area (Å²) in [4.78, 5) is 15.8. The molecule has 0 bridgehead atoms. The Hall–Kier alpha value is -3.85. The van der Waals surface area contributed by atoms with Crippen molar-refractivity contribution in [3.05, 3.63) is 76.1 Å². The third-order valence-electron chi connectivity index (χ3n) is 6.12. The lowest BCUT2D eigenvalue weighted by molar-refractivity contribution is 0.584. The highest BCUT2D eigenvalue weighted by atomic mass is 35.5. The molecule has 0 spiro atoms. The van der Waals surface area contributed by atoms with Crippen molar-refractivity contribution in [1.29, 1.82) is 0 Å². The summed E-state index contributed by atoms with van der Waals surface area (Å²) in [6.07, 6.45) is 2.98. The van der Waals surface area contributed by atoms with Crippen LogP contribution in [0.15, 0.2) is 36.9 Å². The number of anilines is 1. The van der Waals surface area contributed by atoms with Crippen molar-refractivity contribution >= 4 is 28.6 Å². The number of hydrogen-bond donors (Lipinski definition) is 3. The number of fused-ring (bicyclic) bond motifs is 1. The number of benzene rings is 2. The summed E-state index contributed by atoms with van der Waals surface area (Å²) in [5, 5.41) is 11.2. The molecular weight excluding hydrogens is 472 g/mol. The molecule has 1 atom stereocenters. The molecule has 0 fully saturated rings. The Labute approximate surface area is 205 Å². The molecule has 35 heavy (non-hydrogen) atoms. The van der Waals surface area contributed by atoms with Crippen LogP contribution in [0, 0.1) is 32.4 Å². The molecule has 0 aliphatic heterocycles. The molecule has 5 rings (SSSR count). The molecule has 5 aromatic rings. The van der Waals surface area contributed by atoms with E-state index in [0.29, 0.717) is 33.1 Å². The van der Waals surface area contributed by atoms with E-state index in [9.17, 15) is 8.78 Å². The van der Waals surface area contributed by atoms with Gasteiger partial charge in [0.1, 0.15) is 23.5 Å². The number of rotatable bonds is 5. The number of aromatic amines is 2. The van der Waals surface area contributed by atoms with Gasteiger partial charge >= 0.3 is 0 Å². The Kier molecular flexibility index (Phi) is 5.72. The molecule has 3 N–H and O–H groups in total. The Morgan fingerprint density at radius 2 is 1.69 bits per heavy atom. The van der Waals surface area contributed by atoms with Gasteiger partial charge in [-0.15, -0.1) is 0 Å². The number of aromatic nitrogens is 6. The van der Waals surface area contributed by atoms with E-state index in [0.717, 1.165) is 39.7 Å². The van der Waals surface area contributed by atoms with Crippen LogP contribution < -0.4 is 5.32 Å². The first-order valence-electron chi connectivity index (χ1n) is 11.0. The van der Waals surface area contributed by atoms with Gasteiger partial charge in [-0.2, -0.15) is 5.10 Å². The predicted molar refractivity (Wildman–Crippen MR) is 132 cm³/mol. The van der Waals surface area contributed by atoms with Gasteiger partial charge < -0.3 is 10.3 Å². The smallest absolute Gasteiger partial charge is 0.162 e. The number of halogens is 3. The molecule has 3 aromatic heterocycles. The quantitative estimate of drug-likeness (QED) is 0.262. The van der Waals surface area contributed by atoms with Crippen LogP contribution >= 0.6 is 11.6 Å². The predicted octanol–water partition coefficient (Wildman–Crippen LogP) is 6.44. The van der Waals surface area contributed by atoms with Crippen molar-refractivity contribution in [1.82, 2.24) is 30.1 Å². The van der Waals surface area contributed by atoms with E-state index >= 15 is 0 Å². The SMILES string of the molecule is Cc1n[nH]c(C)c1-c1c(C)c(Cl)cc(C(C)Nc2ncnc3[nH]cnc23)c1-c1cc(F)cc(F)c1. The van der Waals surface area contributed by atoms with Crippen molar-refractivity contribution in [2.75, 3.05) is 5.32 Å². The summed E-state index contributed by atoms with van der Waals surface area (Å²) in [5.41, 5.74) is 6.94. The fourth-order valence-electron chi connectivity index (χ4n) is 4.50. The van der Waals surface area contributed by atoms with Gasteiger partial charge in [0.25, 0.3) is 0 Å². The number of aryl methyl sites for hydroxylation is 2. The zero-order chi connectivity index (χ0) is 24.9. The summed E-state index contributed by atoms with van der Waals surface area (Å²) < 4.78 is 28.8. The summed E-state index contributed by atoms with van der Waals surface area (Å²) in [5.74, 6) is -0.811. The molecule has 0 saturated heterocycles. The van der Waals surface area contributed by atoms with Gasteiger partial charge in [-0.25, -0.2) is 23.7 Å². The van der Waals surface area contributed by atoms with Crippen LogP contribution in [0.1, 0.15) is 35.5 Å². The molecule has 0 saturated carbocycles. The lowest BCUT2D eigenvalue weighted by Crippen LogP contribution is -2.12. The molecule has 0 amide bonds. The van der Waals surface area contributed by atoms with E-state index in [1.54, 1.807) is 6.33 Å². The molecule has 3 heterocycles. The number of H-pyrrole nitrogens is 2. The zero-order valence-electron chi connectivity index (χ0n) is 19.5. The topological polar surface area (TPSA) is 95.2 Å². The molecule has 0 radical (unpaired) electrons. The van der Waals surface area contributed by atoms with Crippen LogP contribution in [0.4, 0.5) is 14.6 Å². The number of nitrogens with one attached hydrogen (secondary N) is 3. The molecule has 178 valence electrons. The van der Waals surface area contributed by atoms with Gasteiger partial charge in [-0.1, -0.05) is 11.6 Å². The number of hydrogen-bond acceptors (Lipinski definition) is 5. The Morgan fingerprint density at radius 1 is 0.943 bits per heavy atom. The van der Waals surface area contributed by atoms with Crippen LogP contribution in [-0.4, -0.2) is 30.1 Å². The van der Waals surface area contributed by atoms with E-state index in [1.807, 2.05) is 33.8 Å². The molecule has 0 aliphatic carbocycles. The normalized spacial score (nSPS) is 12.3. The van der Waals surface area contributed by atoms with Crippen molar-refractivity contribution in [3.8, 4) is 22.3 Å². The standard InChI is InChI=1S/C25H22ClF2N7/c1-11-19(26)8-18(12(2)33-25-23-24(30-9-29-23)31-10-32-25)22(15-5-16(27)7-17(28)6-15)20(11)21-13(3)34-35-14(21)4/h5-10,12H,1-4H3,(H,34,35)(H2,29,30,31,32,33). The second-order valence-electron chi connectivity index (χ2n) is 8.48. The zero-order valence-corrected chi connectivity index (χ0v) is 20.2. The van der Waals surface area contributed by atoms with E-state index < -0.39 is 11.6 Å². The largest absolute Gasteiger partial charge is 0.362 e. The van der Waals surface area contributed by atoms with E-state index in [1.165, 1.54) is 18.5 Å². The van der Waals surface area contributed by atoms with E-state index in [-0.39, 0.29) is 6.04 Å². The Balaban J connectivity index is 1.78. The average molecular weight is 494 g/mol. The van der Waals surface area contributed by atoms with Crippen molar-refractivity contribution in [3.63, 3.8) is 0 Å². The second-order valence-corrected chi connectivity index (χ2v) is 8.89. The van der Waals surface area contributed by atoms with Gasteiger partial charge in [0.05, 0.1) is 18.1 Å². The Morgan fingerprint density at radius 3 is 2.37 bits per heavy atom. The minimum atomic E-state index is -0.667. The summed E-state index contributed by atoms with van der Waals surface area (Å²) in [6, 6.07) is 4.97. The van der Waals surface area contributed by atoms with Gasteiger partial charge in [-0.05, 0) is 73.7 Å². The summed E-state index contributed by atoms with van der Waals surface area (Å²) in [7, 11) is 0. The lowest BCUT2D eigenvalue weighted by atomic mass is 9.84. The average Bonchev–Trinajstić information content (AvgIpc) is 3.41. The van der Waals surface area contributed by atoms with Crippen LogP contribution in [0.2, 0.25) is 5.02 Å². The maximum atomic E-state index is 14.4. The first kappa shape index (κ1) is 22.9. The first-order valence-corrected chi connectivity index (χ1v) is 11.3. The summed E-state index contributed by atoms with van der Waals surface area (Å²) in [6.45, 7) is 7.61. The first-order chi connectivity index (χ1) is 16.7. The van der Waals surface area contributed by atoms with Crippen molar-refractivity contribution < 1.29 is 8.78 Å². The maximum Gasteiger partial charge on any atom is 0.162 e. The fraction of sp³-hybridized carbons (Fsp3) is 0.200. The van der Waals surface area contributed by atoms with E-state index in [2.05, 4.69) is 35.5 Å². The highest BCUT2D eigenvalue weighted by Crippen LogP contribution is 2.45. The van der Waals surface area contributed by atoms with Crippen LogP contribution in [0.5, 0.6) is 0 Å². The van der Waals surface area contributed by atoms with Gasteiger partial charge in [0.15, 0.2) is 11.5 Å². The van der Waals surface area contributed by atoms with Gasteiger partial charge in [-0.3, -0.25) is 5.10 Å². The molecule has 7 nitrogen and oxygen atoms in total. The second kappa shape index (κ2) is 8.74. The molecule has 1 unspecified atom stereocenters. The molecule has 0 aliphatic rings. The van der Waals surface area contributed by atoms with E-state index in [4.69, 9.17) is 11.6 Å². The summed E-state index contributed by atoms with van der Waals surface area (Å²) >= 11 is 6.74. The lowest BCUT2D eigenvalue weighted by Gasteiger charge is -2.24. The highest BCUT2D eigenvalue weighted by Gasteiger charge is 2.25. The molecule has 2 aromatic carbocycles.